The topological polar surface area (TPSA) is 83.0 Å². The Kier molecular flexibility index (Phi) is 5.38. The molecule has 1 fully saturated rings. The molecule has 1 unspecified atom stereocenters. The fourth-order valence-corrected chi connectivity index (χ4v) is 3.58. The Morgan fingerprint density at radius 2 is 1.89 bits per heavy atom. The highest BCUT2D eigenvalue weighted by Crippen LogP contribution is 2.23. The minimum Gasteiger partial charge on any atom is -0.380 e. The van der Waals surface area contributed by atoms with Crippen molar-refractivity contribution >= 4 is 23.7 Å². The molecule has 9 nitrogen and oxygen atoms in total. The number of ether oxygens (including phenoxy) is 1. The van der Waals surface area contributed by atoms with E-state index < -0.39 is 6.04 Å². The summed E-state index contributed by atoms with van der Waals surface area (Å²) >= 11 is 0. The molecular weight excluding hydrogens is 360 g/mol. The maximum absolute atomic E-state index is 13.3. The van der Waals surface area contributed by atoms with Crippen molar-refractivity contribution in [1.82, 2.24) is 19.6 Å². The van der Waals surface area contributed by atoms with Crippen molar-refractivity contribution in [2.45, 2.75) is 53.6 Å². The molecule has 152 valence electrons. The average molecular weight is 389 g/mol. The number of aliphatic imine (C=N–C) groups is 1. The summed E-state index contributed by atoms with van der Waals surface area (Å²) in [5.41, 5.74) is 2.97. The summed E-state index contributed by atoms with van der Waals surface area (Å²) < 4.78 is 9.06. The Morgan fingerprint density at radius 3 is 2.43 bits per heavy atom. The minimum absolute atomic E-state index is 0.00949. The molecule has 0 saturated carbocycles. The van der Waals surface area contributed by atoms with E-state index in [2.05, 4.69) is 5.10 Å². The number of fused-ring (bicyclic) bond motifs is 1. The Morgan fingerprint density at radius 1 is 1.21 bits per heavy atom. The average Bonchev–Trinajstić information content (AvgIpc) is 3.16. The molecule has 0 bridgehead atoms. The van der Waals surface area contributed by atoms with Crippen LogP contribution in [-0.4, -0.2) is 86.8 Å². The maximum atomic E-state index is 13.3. The van der Waals surface area contributed by atoms with Gasteiger partial charge in [-0.3, -0.25) is 14.6 Å². The Bertz CT molecular complexity index is 882. The van der Waals surface area contributed by atoms with E-state index in [1.807, 2.05) is 46.1 Å². The number of rotatable bonds is 5. The number of hydrogen-bond acceptors (Lipinski definition) is 5. The molecule has 1 atom stereocenters. The summed E-state index contributed by atoms with van der Waals surface area (Å²) in [7, 11) is 1.65. The first-order valence-corrected chi connectivity index (χ1v) is 9.64. The molecule has 3 heterocycles. The van der Waals surface area contributed by atoms with Gasteiger partial charge in [-0.15, -0.1) is 9.78 Å². The summed E-state index contributed by atoms with van der Waals surface area (Å²) in [5, 5.41) is 4.61. The first-order valence-electron chi connectivity index (χ1n) is 9.64. The lowest BCUT2D eigenvalue weighted by atomic mass is 10.1. The van der Waals surface area contributed by atoms with Gasteiger partial charge in [0.15, 0.2) is 0 Å². The molecular formula is C19H29N6O3+. The van der Waals surface area contributed by atoms with Gasteiger partial charge in [0, 0.05) is 19.2 Å². The van der Waals surface area contributed by atoms with Crippen LogP contribution < -0.4 is 0 Å². The van der Waals surface area contributed by atoms with Crippen LogP contribution in [0.5, 0.6) is 0 Å². The van der Waals surface area contributed by atoms with Crippen molar-refractivity contribution in [1.29, 1.82) is 0 Å². The molecule has 2 aliphatic rings. The van der Waals surface area contributed by atoms with E-state index in [1.54, 1.807) is 11.7 Å². The van der Waals surface area contributed by atoms with Crippen LogP contribution >= 0.6 is 0 Å². The van der Waals surface area contributed by atoms with E-state index in [0.29, 0.717) is 25.0 Å². The van der Waals surface area contributed by atoms with Gasteiger partial charge in [-0.05, 0) is 41.5 Å². The first kappa shape index (κ1) is 20.2. The lowest BCUT2D eigenvalue weighted by Crippen LogP contribution is -2.63. The molecule has 9 heteroatoms. The van der Waals surface area contributed by atoms with Gasteiger partial charge >= 0.3 is 12.0 Å². The molecule has 1 saturated heterocycles. The Balaban J connectivity index is 2.09. The van der Waals surface area contributed by atoms with Crippen LogP contribution in [0.1, 0.15) is 37.7 Å². The first-order chi connectivity index (χ1) is 13.2. The monoisotopic (exact) mass is 389 g/mol. The number of nitrogens with zero attached hydrogens (tertiary/aromatic N) is 6. The highest BCUT2D eigenvalue weighted by Gasteiger charge is 2.53. The van der Waals surface area contributed by atoms with Crippen molar-refractivity contribution in [3.05, 3.63) is 17.0 Å². The molecule has 28 heavy (non-hydrogen) atoms. The number of hydrogen-bond donors (Lipinski definition) is 0. The predicted molar refractivity (Wildman–Crippen MR) is 105 cm³/mol. The van der Waals surface area contributed by atoms with Crippen LogP contribution in [0.2, 0.25) is 0 Å². The van der Waals surface area contributed by atoms with Gasteiger partial charge in [-0.2, -0.15) is 0 Å². The summed E-state index contributed by atoms with van der Waals surface area (Å²) in [5.74, 6) is 0.739. The minimum atomic E-state index is -0.650. The zero-order valence-electron chi connectivity index (χ0n) is 17.7. The Labute approximate surface area is 165 Å². The van der Waals surface area contributed by atoms with Crippen molar-refractivity contribution in [2.24, 2.45) is 4.99 Å². The second-order valence-corrected chi connectivity index (χ2v) is 7.41. The third-order valence-electron chi connectivity index (χ3n) is 5.39. The van der Waals surface area contributed by atoms with Gasteiger partial charge in [0.1, 0.15) is 5.69 Å². The normalized spacial score (nSPS) is 19.9. The second-order valence-electron chi connectivity index (χ2n) is 7.41. The largest absolute Gasteiger partial charge is 0.421 e. The van der Waals surface area contributed by atoms with E-state index in [4.69, 9.17) is 9.73 Å². The van der Waals surface area contributed by atoms with E-state index in [9.17, 15) is 9.59 Å². The molecule has 0 N–H and O–H groups in total. The number of amidine groups is 1. The van der Waals surface area contributed by atoms with Crippen LogP contribution in [0.4, 0.5) is 4.79 Å². The van der Waals surface area contributed by atoms with Crippen molar-refractivity contribution in [2.75, 3.05) is 26.8 Å². The smallest absolute Gasteiger partial charge is 0.380 e. The van der Waals surface area contributed by atoms with Crippen LogP contribution in [0.3, 0.4) is 0 Å². The summed E-state index contributed by atoms with van der Waals surface area (Å²) in [6, 6.07) is -1.04. The summed E-state index contributed by atoms with van der Waals surface area (Å²) in [4.78, 5) is 33.4. The van der Waals surface area contributed by atoms with Crippen molar-refractivity contribution in [3.8, 4) is 0 Å². The SMILES string of the molecule is CCOCCN1C(=O)C2C(=NC(n3nc(C)c(C)c3C)=[N+]2C(C)C)N(C)C1=O. The van der Waals surface area contributed by atoms with Gasteiger partial charge < -0.3 is 4.74 Å². The fraction of sp³-hybridized carbons (Fsp3) is 0.632. The van der Waals surface area contributed by atoms with E-state index in [1.165, 1.54) is 9.80 Å². The molecule has 0 radical (unpaired) electrons. The van der Waals surface area contributed by atoms with Gasteiger partial charge in [-0.25, -0.2) is 9.37 Å². The third-order valence-corrected chi connectivity index (χ3v) is 5.39. The van der Waals surface area contributed by atoms with Gasteiger partial charge in [0.25, 0.3) is 5.91 Å². The summed E-state index contributed by atoms with van der Waals surface area (Å²) in [6.45, 7) is 12.9. The number of amides is 3. The van der Waals surface area contributed by atoms with Crippen molar-refractivity contribution < 1.29 is 18.9 Å². The number of aryl methyl sites for hydroxylation is 1. The molecule has 0 spiro atoms. The van der Waals surface area contributed by atoms with Crippen molar-refractivity contribution in [3.63, 3.8) is 0 Å². The van der Waals surface area contributed by atoms with Gasteiger partial charge in [0.2, 0.25) is 11.9 Å². The van der Waals surface area contributed by atoms with Crippen LogP contribution in [0.25, 0.3) is 0 Å². The highest BCUT2D eigenvalue weighted by atomic mass is 16.5. The number of aromatic nitrogens is 2. The molecule has 0 aliphatic carbocycles. The maximum Gasteiger partial charge on any atom is 0.421 e. The molecule has 2 aliphatic heterocycles. The number of likely N-dealkylation sites (N-methyl/N-ethyl adjacent to an activating group) is 1. The third kappa shape index (κ3) is 3.03. The van der Waals surface area contributed by atoms with Crippen LogP contribution in [0.15, 0.2) is 4.99 Å². The molecule has 1 aromatic rings. The van der Waals surface area contributed by atoms with E-state index in [0.717, 1.165) is 17.0 Å². The fourth-order valence-electron chi connectivity index (χ4n) is 3.58. The number of carbonyl (C=O) groups is 2. The molecule has 3 amide bonds. The van der Waals surface area contributed by atoms with Gasteiger partial charge in [-0.1, -0.05) is 4.99 Å². The molecule has 0 aromatic carbocycles. The Hall–Kier alpha value is -2.55. The van der Waals surface area contributed by atoms with Crippen LogP contribution in [0, 0.1) is 20.8 Å². The van der Waals surface area contributed by atoms with Gasteiger partial charge in [0.05, 0.1) is 24.9 Å². The summed E-state index contributed by atoms with van der Waals surface area (Å²) in [6.07, 6.45) is 0. The molecule has 1 aromatic heterocycles. The predicted octanol–water partition coefficient (Wildman–Crippen LogP) is 1.14. The highest BCUT2D eigenvalue weighted by molar-refractivity contribution is 6.23. The number of carbonyl (C=O) groups excluding carboxylic acids is 2. The van der Waals surface area contributed by atoms with E-state index >= 15 is 0 Å². The lowest BCUT2D eigenvalue weighted by Gasteiger charge is -2.34. The standard InChI is InChI=1S/C19H29N6O3/c1-8-28-10-9-23-17(26)15-16(22(7)19(23)27)20-18(24(15)11(2)3)25-14(6)12(4)13(5)21-25/h11,15H,8-10H2,1-7H3/q+1. The zero-order chi connectivity index (χ0) is 20.7. The molecule has 3 rings (SSSR count). The number of urea groups is 1. The number of imide groups is 1. The lowest BCUT2D eigenvalue weighted by molar-refractivity contribution is -0.567. The van der Waals surface area contributed by atoms with Crippen LogP contribution in [-0.2, 0) is 9.53 Å². The zero-order valence-corrected chi connectivity index (χ0v) is 17.7. The van der Waals surface area contributed by atoms with E-state index in [-0.39, 0.29) is 24.5 Å². The quantitative estimate of drug-likeness (QED) is 0.559. The second kappa shape index (κ2) is 7.46.